The molecule has 1 heterocycles. The lowest BCUT2D eigenvalue weighted by atomic mass is 10.1. The molecule has 1 aromatic heterocycles. The predicted molar refractivity (Wildman–Crippen MR) is 69.9 cm³/mol. The molecule has 0 aliphatic carbocycles. The van der Waals surface area contributed by atoms with Gasteiger partial charge in [0.1, 0.15) is 17.1 Å². The highest BCUT2D eigenvalue weighted by atomic mass is 16.6. The van der Waals surface area contributed by atoms with E-state index in [1.54, 1.807) is 13.0 Å². The first-order chi connectivity index (χ1) is 9.49. The number of rotatable bonds is 4. The third-order valence-electron chi connectivity index (χ3n) is 2.63. The highest BCUT2D eigenvalue weighted by Gasteiger charge is 2.18. The molecule has 0 unspecified atom stereocenters. The molecule has 0 saturated heterocycles. The van der Waals surface area contributed by atoms with Gasteiger partial charge in [-0.2, -0.15) is 0 Å². The zero-order valence-corrected chi connectivity index (χ0v) is 10.6. The minimum Gasteiger partial charge on any atom is -0.393 e. The number of hydrogen-bond acceptors (Lipinski definition) is 6. The number of aromatic nitrogens is 1. The van der Waals surface area contributed by atoms with E-state index in [4.69, 9.17) is 10.3 Å². The lowest BCUT2D eigenvalue weighted by molar-refractivity contribution is -0.383. The van der Waals surface area contributed by atoms with Crippen LogP contribution in [0.25, 0.3) is 0 Å². The zero-order valence-electron chi connectivity index (χ0n) is 10.6. The average Bonchev–Trinajstić information content (AvgIpc) is 2.81. The van der Waals surface area contributed by atoms with Gasteiger partial charge in [0.2, 0.25) is 0 Å². The largest absolute Gasteiger partial charge is 0.393 e. The number of amides is 1. The molecule has 0 saturated carbocycles. The second-order valence-electron chi connectivity index (χ2n) is 4.11. The number of carbonyl (C=O) groups is 1. The summed E-state index contributed by atoms with van der Waals surface area (Å²) in [6.45, 7) is 1.88. The van der Waals surface area contributed by atoms with Crippen molar-refractivity contribution in [1.82, 2.24) is 10.5 Å². The lowest BCUT2D eigenvalue weighted by Gasteiger charge is -2.06. The Morgan fingerprint density at radius 3 is 2.90 bits per heavy atom. The number of nitro groups is 1. The first-order valence-electron chi connectivity index (χ1n) is 5.72. The molecule has 104 valence electrons. The van der Waals surface area contributed by atoms with E-state index >= 15 is 0 Å². The molecule has 0 atom stereocenters. The number of benzene rings is 1. The molecule has 0 aliphatic heterocycles. The number of nitrogens with zero attached hydrogens (tertiary/aromatic N) is 2. The minimum atomic E-state index is -0.632. The maximum atomic E-state index is 11.9. The number of nitro benzene ring substituents is 1. The molecule has 0 radical (unpaired) electrons. The van der Waals surface area contributed by atoms with Crippen molar-refractivity contribution < 1.29 is 14.2 Å². The molecular formula is C12H12N4O4. The molecule has 20 heavy (non-hydrogen) atoms. The Morgan fingerprint density at radius 2 is 2.30 bits per heavy atom. The number of hydrogen-bond donors (Lipinski definition) is 2. The van der Waals surface area contributed by atoms with Gasteiger partial charge in [-0.05, 0) is 13.0 Å². The highest BCUT2D eigenvalue weighted by Crippen LogP contribution is 2.24. The van der Waals surface area contributed by atoms with Gasteiger partial charge in [0.15, 0.2) is 0 Å². The summed E-state index contributed by atoms with van der Waals surface area (Å²) in [5.41, 5.74) is 5.77. The van der Waals surface area contributed by atoms with Gasteiger partial charge in [-0.25, -0.2) is 0 Å². The van der Waals surface area contributed by atoms with Crippen LogP contribution in [-0.4, -0.2) is 16.0 Å². The molecule has 3 N–H and O–H groups in total. The second kappa shape index (κ2) is 5.39. The molecule has 0 bridgehead atoms. The van der Waals surface area contributed by atoms with Crippen LogP contribution in [0.5, 0.6) is 0 Å². The van der Waals surface area contributed by atoms with E-state index in [0.29, 0.717) is 11.5 Å². The minimum absolute atomic E-state index is 0.0550. The van der Waals surface area contributed by atoms with Crippen molar-refractivity contribution in [2.24, 2.45) is 0 Å². The standard InChI is InChI=1S/C12H12N4O4/c1-7-5-8(15-20-7)6-14-12(17)9-3-2-4-10(11(9)13)16(18)19/h2-5H,6,13H2,1H3,(H,14,17). The molecule has 1 amide bonds. The maximum absolute atomic E-state index is 11.9. The van der Waals surface area contributed by atoms with Crippen molar-refractivity contribution in [2.75, 3.05) is 5.73 Å². The molecule has 8 heteroatoms. The highest BCUT2D eigenvalue weighted by molar-refractivity contribution is 6.00. The van der Waals surface area contributed by atoms with E-state index in [1.165, 1.54) is 18.2 Å². The summed E-state index contributed by atoms with van der Waals surface area (Å²) in [6.07, 6.45) is 0. The Morgan fingerprint density at radius 1 is 1.55 bits per heavy atom. The van der Waals surface area contributed by atoms with Crippen LogP contribution in [0.3, 0.4) is 0 Å². The van der Waals surface area contributed by atoms with Crippen LogP contribution in [0.2, 0.25) is 0 Å². The maximum Gasteiger partial charge on any atom is 0.292 e. The van der Waals surface area contributed by atoms with Crippen LogP contribution in [0, 0.1) is 17.0 Å². The second-order valence-corrected chi connectivity index (χ2v) is 4.11. The molecule has 2 aromatic rings. The summed E-state index contributed by atoms with van der Waals surface area (Å²) in [4.78, 5) is 22.1. The van der Waals surface area contributed by atoms with E-state index in [2.05, 4.69) is 10.5 Å². The monoisotopic (exact) mass is 276 g/mol. The molecular weight excluding hydrogens is 264 g/mol. The van der Waals surface area contributed by atoms with Crippen LogP contribution < -0.4 is 11.1 Å². The van der Waals surface area contributed by atoms with Crippen molar-refractivity contribution in [3.8, 4) is 0 Å². The fourth-order valence-electron chi connectivity index (χ4n) is 1.68. The quantitative estimate of drug-likeness (QED) is 0.494. The van der Waals surface area contributed by atoms with Gasteiger partial charge < -0.3 is 15.6 Å². The van der Waals surface area contributed by atoms with Gasteiger partial charge in [-0.3, -0.25) is 14.9 Å². The van der Waals surface area contributed by atoms with Crippen molar-refractivity contribution in [3.05, 3.63) is 51.4 Å². The van der Waals surface area contributed by atoms with Crippen LogP contribution in [0.15, 0.2) is 28.8 Å². The first kappa shape index (κ1) is 13.5. The molecule has 0 spiro atoms. The lowest BCUT2D eigenvalue weighted by Crippen LogP contribution is -2.24. The molecule has 0 aliphatic rings. The fraction of sp³-hybridized carbons (Fsp3) is 0.167. The number of nitrogen functional groups attached to an aromatic ring is 1. The van der Waals surface area contributed by atoms with Gasteiger partial charge in [0.25, 0.3) is 11.6 Å². The van der Waals surface area contributed by atoms with Crippen LogP contribution in [0.4, 0.5) is 11.4 Å². The number of anilines is 1. The van der Waals surface area contributed by atoms with Crippen molar-refractivity contribution in [1.29, 1.82) is 0 Å². The molecule has 2 rings (SSSR count). The van der Waals surface area contributed by atoms with E-state index in [0.717, 1.165) is 0 Å². The van der Waals surface area contributed by atoms with Gasteiger partial charge in [0, 0.05) is 12.1 Å². The van der Waals surface area contributed by atoms with E-state index in [9.17, 15) is 14.9 Å². The van der Waals surface area contributed by atoms with Crippen molar-refractivity contribution in [3.63, 3.8) is 0 Å². The van der Waals surface area contributed by atoms with E-state index in [-0.39, 0.29) is 23.5 Å². The molecule has 0 fully saturated rings. The average molecular weight is 276 g/mol. The Labute approximate surface area is 113 Å². The summed E-state index contributed by atoms with van der Waals surface area (Å²) < 4.78 is 4.86. The van der Waals surface area contributed by atoms with Gasteiger partial charge >= 0.3 is 0 Å². The summed E-state index contributed by atoms with van der Waals surface area (Å²) in [7, 11) is 0. The Balaban J connectivity index is 2.13. The van der Waals surface area contributed by atoms with E-state index < -0.39 is 10.8 Å². The topological polar surface area (TPSA) is 124 Å². The molecule has 1 aromatic carbocycles. The first-order valence-corrected chi connectivity index (χ1v) is 5.72. The fourth-order valence-corrected chi connectivity index (χ4v) is 1.68. The Bertz CT molecular complexity index is 665. The number of nitrogens with two attached hydrogens (primary N) is 1. The van der Waals surface area contributed by atoms with Gasteiger partial charge in [-0.1, -0.05) is 11.2 Å². The Hall–Kier alpha value is -2.90. The summed E-state index contributed by atoms with van der Waals surface area (Å²) in [5, 5.41) is 17.0. The number of carbonyl (C=O) groups excluding carboxylic acids is 1. The van der Waals surface area contributed by atoms with Crippen LogP contribution in [0.1, 0.15) is 21.8 Å². The zero-order chi connectivity index (χ0) is 14.7. The summed E-state index contributed by atoms with van der Waals surface area (Å²) in [5.74, 6) is 0.121. The SMILES string of the molecule is Cc1cc(CNC(=O)c2cccc([N+](=O)[O-])c2N)no1. The predicted octanol–water partition coefficient (Wildman–Crippen LogP) is 1.40. The Kier molecular flexibility index (Phi) is 3.65. The van der Waals surface area contributed by atoms with Crippen molar-refractivity contribution >= 4 is 17.3 Å². The third kappa shape index (κ3) is 2.74. The van der Waals surface area contributed by atoms with Crippen LogP contribution in [-0.2, 0) is 6.54 Å². The number of para-hydroxylation sites is 1. The van der Waals surface area contributed by atoms with E-state index in [1.807, 2.05) is 0 Å². The number of aryl methyl sites for hydroxylation is 1. The normalized spacial score (nSPS) is 10.2. The smallest absolute Gasteiger partial charge is 0.292 e. The van der Waals surface area contributed by atoms with Crippen LogP contribution >= 0.6 is 0 Å². The van der Waals surface area contributed by atoms with Gasteiger partial charge in [-0.15, -0.1) is 0 Å². The summed E-state index contributed by atoms with van der Waals surface area (Å²) >= 11 is 0. The third-order valence-corrected chi connectivity index (χ3v) is 2.63. The van der Waals surface area contributed by atoms with Crippen molar-refractivity contribution in [2.45, 2.75) is 13.5 Å². The number of nitrogens with one attached hydrogen (secondary N) is 1. The molecule has 8 nitrogen and oxygen atoms in total. The van der Waals surface area contributed by atoms with Gasteiger partial charge in [0.05, 0.1) is 17.0 Å². The summed E-state index contributed by atoms with van der Waals surface area (Å²) in [6, 6.07) is 5.75.